The van der Waals surface area contributed by atoms with E-state index in [-0.39, 0.29) is 0 Å². The van der Waals surface area contributed by atoms with Crippen molar-refractivity contribution in [1.82, 2.24) is 5.32 Å². The zero-order chi connectivity index (χ0) is 13.2. The Morgan fingerprint density at radius 2 is 1.72 bits per heavy atom. The Bertz CT molecular complexity index is 305. The van der Waals surface area contributed by atoms with Gasteiger partial charge in [-0.25, -0.2) is 0 Å². The molecule has 1 rings (SSSR count). The van der Waals surface area contributed by atoms with E-state index >= 15 is 0 Å². The average Bonchev–Trinajstić information content (AvgIpc) is 2.38. The van der Waals surface area contributed by atoms with Crippen LogP contribution in [-0.4, -0.2) is 26.9 Å². The first kappa shape index (κ1) is 15.2. The van der Waals surface area contributed by atoms with Crippen LogP contribution in [0.2, 0.25) is 0 Å². The maximum absolute atomic E-state index is 5.22. The molecule has 18 heavy (non-hydrogen) atoms. The lowest BCUT2D eigenvalue weighted by Crippen LogP contribution is -2.32. The average molecular weight is 251 g/mol. The minimum absolute atomic E-state index is 0.443. The molecule has 1 unspecified atom stereocenters. The van der Waals surface area contributed by atoms with E-state index in [0.717, 1.165) is 19.6 Å². The van der Waals surface area contributed by atoms with Crippen LogP contribution in [0, 0.1) is 0 Å². The summed E-state index contributed by atoms with van der Waals surface area (Å²) < 4.78 is 10.3. The lowest BCUT2D eigenvalue weighted by molar-refractivity contribution is 0.161. The van der Waals surface area contributed by atoms with Gasteiger partial charge >= 0.3 is 0 Å². The standard InChI is InChI=1S/C15H25NO2/c1-4-5-15(12-18-3)16-10-13-6-8-14(9-7-13)11-17-2/h6-9,15-16H,4-5,10-12H2,1-3H3. The summed E-state index contributed by atoms with van der Waals surface area (Å²) in [4.78, 5) is 0. The SMILES string of the molecule is CCCC(COC)NCc1ccc(COC)cc1. The first-order valence-corrected chi connectivity index (χ1v) is 6.59. The predicted octanol–water partition coefficient (Wildman–Crippen LogP) is 2.74. The summed E-state index contributed by atoms with van der Waals surface area (Å²) in [5.74, 6) is 0. The first-order valence-electron chi connectivity index (χ1n) is 6.59. The highest BCUT2D eigenvalue weighted by Crippen LogP contribution is 2.06. The Hall–Kier alpha value is -0.900. The number of methoxy groups -OCH3 is 2. The smallest absolute Gasteiger partial charge is 0.0713 e. The molecule has 0 bridgehead atoms. The summed E-state index contributed by atoms with van der Waals surface area (Å²) in [5.41, 5.74) is 2.51. The second kappa shape index (κ2) is 9.09. The molecule has 0 spiro atoms. The van der Waals surface area contributed by atoms with Crippen LogP contribution in [-0.2, 0) is 22.6 Å². The molecule has 0 fully saturated rings. The topological polar surface area (TPSA) is 30.5 Å². The molecule has 0 aliphatic carbocycles. The van der Waals surface area contributed by atoms with Gasteiger partial charge in [-0.15, -0.1) is 0 Å². The first-order chi connectivity index (χ1) is 8.80. The van der Waals surface area contributed by atoms with Gasteiger partial charge in [0.2, 0.25) is 0 Å². The molecule has 0 aliphatic heterocycles. The molecule has 0 amide bonds. The number of rotatable bonds is 9. The molecule has 1 N–H and O–H groups in total. The van der Waals surface area contributed by atoms with Crippen LogP contribution >= 0.6 is 0 Å². The van der Waals surface area contributed by atoms with Crippen molar-refractivity contribution < 1.29 is 9.47 Å². The van der Waals surface area contributed by atoms with E-state index in [0.29, 0.717) is 12.6 Å². The fourth-order valence-corrected chi connectivity index (χ4v) is 1.98. The normalized spacial score (nSPS) is 12.6. The molecule has 0 aliphatic rings. The van der Waals surface area contributed by atoms with Gasteiger partial charge in [0.15, 0.2) is 0 Å². The molecular weight excluding hydrogens is 226 g/mol. The van der Waals surface area contributed by atoms with Crippen molar-refractivity contribution in [3.63, 3.8) is 0 Å². The van der Waals surface area contributed by atoms with Crippen LogP contribution in [0.4, 0.5) is 0 Å². The molecule has 1 atom stereocenters. The van der Waals surface area contributed by atoms with Gasteiger partial charge in [-0.2, -0.15) is 0 Å². The molecule has 0 heterocycles. The van der Waals surface area contributed by atoms with E-state index in [4.69, 9.17) is 9.47 Å². The van der Waals surface area contributed by atoms with Gasteiger partial charge in [-0.3, -0.25) is 0 Å². The molecule has 0 aromatic heterocycles. The summed E-state index contributed by atoms with van der Waals surface area (Å²) in [6.07, 6.45) is 2.32. The van der Waals surface area contributed by atoms with E-state index < -0.39 is 0 Å². The summed E-state index contributed by atoms with van der Waals surface area (Å²) in [6, 6.07) is 8.98. The van der Waals surface area contributed by atoms with Crippen molar-refractivity contribution >= 4 is 0 Å². The maximum Gasteiger partial charge on any atom is 0.0713 e. The maximum atomic E-state index is 5.22. The van der Waals surface area contributed by atoms with E-state index in [9.17, 15) is 0 Å². The summed E-state index contributed by atoms with van der Waals surface area (Å²) in [7, 11) is 3.47. The van der Waals surface area contributed by atoms with Crippen molar-refractivity contribution in [2.24, 2.45) is 0 Å². The Morgan fingerprint density at radius 3 is 2.28 bits per heavy atom. The third-order valence-corrected chi connectivity index (χ3v) is 2.93. The van der Waals surface area contributed by atoms with Gasteiger partial charge in [0.1, 0.15) is 0 Å². The van der Waals surface area contributed by atoms with Gasteiger partial charge < -0.3 is 14.8 Å². The lowest BCUT2D eigenvalue weighted by atomic mass is 10.1. The third-order valence-electron chi connectivity index (χ3n) is 2.93. The molecule has 102 valence electrons. The van der Waals surface area contributed by atoms with Crippen LogP contribution in [0.3, 0.4) is 0 Å². The van der Waals surface area contributed by atoms with Crippen LogP contribution in [0.15, 0.2) is 24.3 Å². The summed E-state index contributed by atoms with van der Waals surface area (Å²) >= 11 is 0. The molecule has 0 saturated heterocycles. The Labute approximate surface area is 110 Å². The minimum atomic E-state index is 0.443. The highest BCUT2D eigenvalue weighted by molar-refractivity contribution is 5.21. The van der Waals surface area contributed by atoms with Crippen molar-refractivity contribution in [2.75, 3.05) is 20.8 Å². The number of hydrogen-bond donors (Lipinski definition) is 1. The van der Waals surface area contributed by atoms with Crippen molar-refractivity contribution in [2.45, 2.75) is 39.0 Å². The van der Waals surface area contributed by atoms with Gasteiger partial charge in [0.25, 0.3) is 0 Å². The quantitative estimate of drug-likeness (QED) is 0.732. The number of benzene rings is 1. The number of hydrogen-bond acceptors (Lipinski definition) is 3. The third kappa shape index (κ3) is 5.63. The monoisotopic (exact) mass is 251 g/mol. The van der Waals surface area contributed by atoms with Gasteiger partial charge in [-0.1, -0.05) is 37.6 Å². The van der Waals surface area contributed by atoms with Gasteiger partial charge in [0.05, 0.1) is 13.2 Å². The number of nitrogens with one attached hydrogen (secondary N) is 1. The van der Waals surface area contributed by atoms with E-state index in [1.54, 1.807) is 14.2 Å². The Kier molecular flexibility index (Phi) is 7.65. The minimum Gasteiger partial charge on any atom is -0.383 e. The zero-order valence-electron chi connectivity index (χ0n) is 11.7. The largest absolute Gasteiger partial charge is 0.383 e. The van der Waals surface area contributed by atoms with E-state index in [2.05, 4.69) is 36.5 Å². The Balaban J connectivity index is 2.41. The second-order valence-corrected chi connectivity index (χ2v) is 4.57. The van der Waals surface area contributed by atoms with Gasteiger partial charge in [-0.05, 0) is 17.5 Å². The molecular formula is C15H25NO2. The van der Waals surface area contributed by atoms with Crippen LogP contribution in [0.25, 0.3) is 0 Å². The van der Waals surface area contributed by atoms with Crippen LogP contribution < -0.4 is 5.32 Å². The fourth-order valence-electron chi connectivity index (χ4n) is 1.98. The molecule has 3 nitrogen and oxygen atoms in total. The molecule has 0 radical (unpaired) electrons. The van der Waals surface area contributed by atoms with Crippen molar-refractivity contribution in [1.29, 1.82) is 0 Å². The van der Waals surface area contributed by atoms with Gasteiger partial charge in [0, 0.05) is 26.8 Å². The van der Waals surface area contributed by atoms with E-state index in [1.807, 2.05) is 0 Å². The Morgan fingerprint density at radius 1 is 1.06 bits per heavy atom. The zero-order valence-corrected chi connectivity index (χ0v) is 11.7. The predicted molar refractivity (Wildman–Crippen MR) is 74.6 cm³/mol. The fraction of sp³-hybridized carbons (Fsp3) is 0.600. The molecule has 3 heteroatoms. The summed E-state index contributed by atoms with van der Waals surface area (Å²) in [6.45, 7) is 4.54. The molecule has 1 aromatic rings. The van der Waals surface area contributed by atoms with Crippen molar-refractivity contribution in [3.8, 4) is 0 Å². The van der Waals surface area contributed by atoms with E-state index in [1.165, 1.54) is 17.5 Å². The lowest BCUT2D eigenvalue weighted by Gasteiger charge is -2.17. The molecule has 1 aromatic carbocycles. The van der Waals surface area contributed by atoms with Crippen LogP contribution in [0.5, 0.6) is 0 Å². The second-order valence-electron chi connectivity index (χ2n) is 4.57. The molecule has 0 saturated carbocycles. The highest BCUT2D eigenvalue weighted by atomic mass is 16.5. The van der Waals surface area contributed by atoms with Crippen molar-refractivity contribution in [3.05, 3.63) is 35.4 Å². The van der Waals surface area contributed by atoms with Crippen LogP contribution in [0.1, 0.15) is 30.9 Å². The summed E-state index contributed by atoms with van der Waals surface area (Å²) in [5, 5.41) is 3.53. The highest BCUT2D eigenvalue weighted by Gasteiger charge is 2.06. The number of ether oxygens (including phenoxy) is 2.